The van der Waals surface area contributed by atoms with Gasteiger partial charge in [-0.2, -0.15) is 0 Å². The lowest BCUT2D eigenvalue weighted by Crippen LogP contribution is -2.68. The molecule has 0 bridgehead atoms. The van der Waals surface area contributed by atoms with Crippen molar-refractivity contribution in [3.63, 3.8) is 0 Å². The van der Waals surface area contributed by atoms with E-state index in [-0.39, 0.29) is 83.6 Å². The molecule has 2 N–H and O–H groups in total. The third-order valence-electron chi connectivity index (χ3n) is 18.4. The van der Waals surface area contributed by atoms with E-state index in [0.29, 0.717) is 30.1 Å². The van der Waals surface area contributed by atoms with Crippen LogP contribution in [0, 0.1) is 68.0 Å². The minimum Gasteiger partial charge on any atom is -0.393 e. The topological polar surface area (TPSA) is 72.9 Å². The second-order valence-corrected chi connectivity index (χ2v) is 20.6. The van der Waals surface area contributed by atoms with Crippen LogP contribution in [0.2, 0.25) is 0 Å². The Morgan fingerprint density at radius 2 is 1.52 bits per heavy atom. The predicted octanol–water partition coefficient (Wildman–Crippen LogP) is 8.09. The van der Waals surface area contributed by atoms with E-state index in [1.165, 1.54) is 23.3 Å². The Hall–Kier alpha value is -1.40. The first-order valence-corrected chi connectivity index (χ1v) is 20.4. The summed E-state index contributed by atoms with van der Waals surface area (Å²) in [5.74, 6) is 2.04. The summed E-state index contributed by atoms with van der Waals surface area (Å²) in [7, 11) is 0. The fourth-order valence-corrected chi connectivity index (χ4v) is 14.8. The highest BCUT2D eigenvalue weighted by atomic mass is 16.3. The number of rotatable bonds is 5. The molecule has 7 fully saturated rings. The van der Waals surface area contributed by atoms with Crippen molar-refractivity contribution in [2.45, 2.75) is 158 Å². The zero-order valence-corrected chi connectivity index (χ0v) is 32.7. The summed E-state index contributed by atoms with van der Waals surface area (Å²) in [6, 6.07) is -1.68. The number of hydrogen-bond acceptors (Lipinski definition) is 4. The smallest absolute Gasteiger partial charge is 0.226 e. The van der Waals surface area contributed by atoms with Crippen molar-refractivity contribution in [3.05, 3.63) is 12.2 Å². The molecule has 0 spiro atoms. The van der Waals surface area contributed by atoms with Crippen LogP contribution in [0.5, 0.6) is 0 Å². The normalized spacial score (nSPS) is 50.3. The minimum atomic E-state index is -2.65. The van der Waals surface area contributed by atoms with E-state index >= 15 is 4.79 Å². The van der Waals surface area contributed by atoms with Gasteiger partial charge in [-0.3, -0.25) is 14.5 Å². The van der Waals surface area contributed by atoms with Gasteiger partial charge < -0.3 is 15.3 Å². The zero-order valence-electron chi connectivity index (χ0n) is 38.7. The van der Waals surface area contributed by atoms with Crippen molar-refractivity contribution in [1.29, 1.82) is 0 Å². The van der Waals surface area contributed by atoms with Crippen LogP contribution in [-0.4, -0.2) is 71.1 Å². The molecule has 0 aromatic heterocycles. The number of aliphatic hydroxyl groups is 1. The predicted molar refractivity (Wildman–Crippen MR) is 202 cm³/mol. The van der Waals surface area contributed by atoms with Crippen molar-refractivity contribution in [1.82, 2.24) is 15.1 Å². The molecule has 282 valence electrons. The van der Waals surface area contributed by atoms with E-state index in [4.69, 9.17) is 8.22 Å². The number of carbonyl (C=O) groups excluding carboxylic acids is 2. The quantitative estimate of drug-likeness (QED) is 0.285. The summed E-state index contributed by atoms with van der Waals surface area (Å²) in [5.41, 5.74) is 0.710. The monoisotopic (exact) mass is 698 g/mol. The summed E-state index contributed by atoms with van der Waals surface area (Å²) in [4.78, 5) is 32.2. The molecule has 0 unspecified atom stereocenters. The average molecular weight is 698 g/mol. The Bertz CT molecular complexity index is 1570. The van der Waals surface area contributed by atoms with Gasteiger partial charge in [0.2, 0.25) is 11.8 Å². The van der Waals surface area contributed by atoms with Gasteiger partial charge in [-0.25, -0.2) is 0 Å². The van der Waals surface area contributed by atoms with E-state index in [1.54, 1.807) is 4.90 Å². The Balaban J connectivity index is 1.06. The molecule has 0 aromatic rings. The maximum atomic E-state index is 15.0. The molecular formula is C44H73N3O3. The van der Waals surface area contributed by atoms with Crippen LogP contribution in [0.15, 0.2) is 12.2 Å². The largest absolute Gasteiger partial charge is 0.393 e. The summed E-state index contributed by atoms with van der Waals surface area (Å²) >= 11 is 0. The Labute approximate surface area is 313 Å². The van der Waals surface area contributed by atoms with Gasteiger partial charge >= 0.3 is 0 Å². The van der Waals surface area contributed by atoms with Gasteiger partial charge in [0.25, 0.3) is 0 Å². The third kappa shape index (κ3) is 4.97. The first-order valence-electron chi connectivity index (χ1n) is 23.4. The fraction of sp³-hybridized carbons (Fsp3) is 0.909. The molecule has 1 aliphatic heterocycles. The van der Waals surface area contributed by atoms with Gasteiger partial charge in [0.15, 0.2) is 0 Å². The molecule has 7 rings (SSSR count). The Kier molecular flexibility index (Phi) is 7.23. The lowest BCUT2D eigenvalue weighted by molar-refractivity contribution is -0.246. The van der Waals surface area contributed by atoms with Gasteiger partial charge in [0.1, 0.15) is 0 Å². The van der Waals surface area contributed by atoms with Crippen LogP contribution in [0.1, 0.15) is 148 Å². The highest BCUT2D eigenvalue weighted by molar-refractivity contribution is 5.86. The van der Waals surface area contributed by atoms with Gasteiger partial charge in [0, 0.05) is 52.4 Å². The summed E-state index contributed by atoms with van der Waals surface area (Å²) in [6.45, 7) is 19.0. The second kappa shape index (κ2) is 12.1. The number of hydrogen-bond donors (Lipinski definition) is 2. The molecule has 2 amide bonds. The highest BCUT2D eigenvalue weighted by Gasteiger charge is 2.72. The number of nitrogens with one attached hydrogen (secondary N) is 1. The average Bonchev–Trinajstić information content (AvgIpc) is 3.49. The summed E-state index contributed by atoms with van der Waals surface area (Å²) in [6.07, 6.45) is 10.8. The SMILES string of the molecule is [2H]C([2H])([2H])C(N1CCN(C(=O)[C@H]2C[C@@H](NC(=O)[C@]34CC[C@@H](C(=C)C)[C@@H]3[C@H]3CC[C@@H]5[C@@]6(C)CC[C@H](O)C(C)(C)[C@@H]6CC[C@@]5(C)[C@]3(C)CC4)C2(C)C)CC1)C([2H])([2H])[2H]. The maximum absolute atomic E-state index is 15.0. The van der Waals surface area contributed by atoms with Gasteiger partial charge in [-0.1, -0.05) is 60.6 Å². The van der Waals surface area contributed by atoms with E-state index in [2.05, 4.69) is 67.3 Å². The molecule has 7 aliphatic rings. The van der Waals surface area contributed by atoms with Crippen molar-refractivity contribution in [2.75, 3.05) is 26.2 Å². The zero-order chi connectivity index (χ0) is 41.4. The molecule has 0 aromatic carbocycles. The summed E-state index contributed by atoms with van der Waals surface area (Å²) < 4.78 is 47.2. The van der Waals surface area contributed by atoms with Crippen molar-refractivity contribution < 1.29 is 22.9 Å². The number of nitrogens with zero attached hydrogens (tertiary/aromatic N) is 2. The van der Waals surface area contributed by atoms with E-state index in [0.717, 1.165) is 51.4 Å². The number of fused-ring (bicyclic) bond motifs is 7. The van der Waals surface area contributed by atoms with Crippen LogP contribution >= 0.6 is 0 Å². The van der Waals surface area contributed by atoms with Crippen molar-refractivity contribution in [2.24, 2.45) is 68.0 Å². The molecule has 6 saturated carbocycles. The number of carbonyl (C=O) groups is 2. The number of amides is 2. The van der Waals surface area contributed by atoms with Crippen LogP contribution in [-0.2, 0) is 9.59 Å². The first kappa shape index (κ1) is 30.0. The number of allylic oxidation sites excluding steroid dienone is 1. The molecule has 50 heavy (non-hydrogen) atoms. The van der Waals surface area contributed by atoms with Crippen molar-refractivity contribution >= 4 is 11.8 Å². The summed E-state index contributed by atoms with van der Waals surface area (Å²) in [5, 5.41) is 14.7. The van der Waals surface area contributed by atoms with Crippen molar-refractivity contribution in [3.8, 4) is 0 Å². The molecule has 1 saturated heterocycles. The van der Waals surface area contributed by atoms with Gasteiger partial charge in [-0.15, -0.1) is 0 Å². The van der Waals surface area contributed by atoms with Crippen LogP contribution in [0.4, 0.5) is 0 Å². The van der Waals surface area contributed by atoms with Gasteiger partial charge in [0.05, 0.1) is 11.5 Å². The Morgan fingerprint density at radius 3 is 2.16 bits per heavy atom. The third-order valence-corrected chi connectivity index (χ3v) is 18.4. The molecular weight excluding hydrogens is 619 g/mol. The fourth-order valence-electron chi connectivity index (χ4n) is 14.8. The van der Waals surface area contributed by atoms with Crippen LogP contribution in [0.25, 0.3) is 0 Å². The van der Waals surface area contributed by atoms with Gasteiger partial charge in [-0.05, 0) is 148 Å². The molecule has 6 nitrogen and oxygen atoms in total. The van der Waals surface area contributed by atoms with E-state index < -0.39 is 30.6 Å². The van der Waals surface area contributed by atoms with Crippen LogP contribution < -0.4 is 5.32 Å². The molecule has 6 aliphatic carbocycles. The molecule has 1 heterocycles. The molecule has 0 radical (unpaired) electrons. The highest BCUT2D eigenvalue weighted by Crippen LogP contribution is 2.77. The number of piperazine rings is 1. The maximum Gasteiger partial charge on any atom is 0.226 e. The standard InChI is InChI=1S/C44H73N3O3/c1-27(2)29-14-19-44(38(50)45-34-26-31(39(34,5)6)37(49)47-24-22-46(23-25-47)28(3)4)21-20-42(10)30(36(29)44)12-13-33-41(9)17-16-35(48)40(7,8)32(41)15-18-43(33,42)11/h28-36,48H,1,12-26H2,2-11H3,(H,45,50)/t29-,30+,31+,32-,33+,34+,35-,36+,41-,42+,43+,44-/m0/s1/i3D3,4D3. The first-order chi connectivity index (χ1) is 25.7. The van der Waals surface area contributed by atoms with Crippen LogP contribution in [0.3, 0.4) is 0 Å². The molecule has 12 atom stereocenters. The second-order valence-electron chi connectivity index (χ2n) is 20.6. The lowest BCUT2D eigenvalue weighted by Gasteiger charge is -2.72. The van der Waals surface area contributed by atoms with E-state index in [9.17, 15) is 9.90 Å². The Morgan fingerprint density at radius 1 is 0.820 bits per heavy atom. The number of aliphatic hydroxyl groups excluding tert-OH is 1. The minimum absolute atomic E-state index is 0.0106. The lowest BCUT2D eigenvalue weighted by atomic mass is 9.32. The molecule has 6 heteroatoms. The van der Waals surface area contributed by atoms with E-state index in [1.807, 2.05) is 0 Å².